The van der Waals surface area contributed by atoms with Gasteiger partial charge in [-0.05, 0) is 22.3 Å². The maximum Gasteiger partial charge on any atom is 0.407 e. The van der Waals surface area contributed by atoms with E-state index in [0.29, 0.717) is 5.69 Å². The number of carboxylic acid groups (broad SMARTS) is 1. The third-order valence-corrected chi connectivity index (χ3v) is 5.01. The van der Waals surface area contributed by atoms with Crippen LogP contribution in [-0.2, 0) is 16.0 Å². The van der Waals surface area contributed by atoms with Gasteiger partial charge in [-0.1, -0.05) is 48.5 Å². The first-order valence-electron chi connectivity index (χ1n) is 9.14. The van der Waals surface area contributed by atoms with E-state index < -0.39 is 23.8 Å². The van der Waals surface area contributed by atoms with E-state index in [2.05, 4.69) is 15.3 Å². The van der Waals surface area contributed by atoms with Gasteiger partial charge in [-0.15, -0.1) is 0 Å². The fourth-order valence-electron chi connectivity index (χ4n) is 3.68. The number of carbonyl (C=O) groups is 2. The second-order valence-electron chi connectivity index (χ2n) is 6.83. The largest absolute Gasteiger partial charge is 0.480 e. The van der Waals surface area contributed by atoms with Gasteiger partial charge >= 0.3 is 17.8 Å². The lowest BCUT2D eigenvalue weighted by atomic mass is 9.98. The van der Waals surface area contributed by atoms with Crippen LogP contribution in [0.2, 0.25) is 0 Å². The van der Waals surface area contributed by atoms with Crippen LogP contribution in [0.4, 0.5) is 4.79 Å². The highest BCUT2D eigenvalue weighted by Crippen LogP contribution is 2.44. The first-order chi connectivity index (χ1) is 14.0. The van der Waals surface area contributed by atoms with Crippen molar-refractivity contribution in [2.45, 2.75) is 18.4 Å². The highest BCUT2D eigenvalue weighted by atomic mass is 16.5. The monoisotopic (exact) mass is 393 g/mol. The molecule has 0 saturated heterocycles. The number of H-pyrrole nitrogens is 2. The van der Waals surface area contributed by atoms with E-state index in [0.717, 1.165) is 22.3 Å². The molecule has 1 aliphatic rings. The number of hydrogen-bond acceptors (Lipinski definition) is 4. The Balaban J connectivity index is 1.44. The summed E-state index contributed by atoms with van der Waals surface area (Å²) >= 11 is 0. The molecule has 4 rings (SSSR count). The molecule has 1 aromatic heterocycles. The number of aliphatic carboxylic acids is 1. The molecule has 3 aromatic rings. The maximum atomic E-state index is 12.3. The summed E-state index contributed by atoms with van der Waals surface area (Å²) in [6.45, 7) is 0.0905. The van der Waals surface area contributed by atoms with Crippen LogP contribution < -0.4 is 11.0 Å². The average molecular weight is 393 g/mol. The van der Waals surface area contributed by atoms with Gasteiger partial charge < -0.3 is 25.1 Å². The number of ether oxygens (including phenoxy) is 1. The minimum atomic E-state index is -1.22. The van der Waals surface area contributed by atoms with Crippen molar-refractivity contribution < 1.29 is 19.4 Å². The third-order valence-electron chi connectivity index (χ3n) is 5.01. The summed E-state index contributed by atoms with van der Waals surface area (Å²) in [6, 6.07) is 14.7. The summed E-state index contributed by atoms with van der Waals surface area (Å²) in [6.07, 6.45) is 0.479. The van der Waals surface area contributed by atoms with Gasteiger partial charge in [0.15, 0.2) is 0 Å². The predicted molar refractivity (Wildman–Crippen MR) is 105 cm³/mol. The molecule has 2 aromatic carbocycles. The lowest BCUT2D eigenvalue weighted by molar-refractivity contribution is -0.139. The topological polar surface area (TPSA) is 124 Å². The summed E-state index contributed by atoms with van der Waals surface area (Å²) in [5.74, 6) is -1.34. The minimum Gasteiger partial charge on any atom is -0.480 e. The molecule has 148 valence electrons. The lowest BCUT2D eigenvalue weighted by Gasteiger charge is -2.17. The van der Waals surface area contributed by atoms with Gasteiger partial charge in [-0.25, -0.2) is 14.4 Å². The van der Waals surface area contributed by atoms with Crippen molar-refractivity contribution in [2.24, 2.45) is 0 Å². The van der Waals surface area contributed by atoms with Gasteiger partial charge in [0.2, 0.25) is 0 Å². The molecule has 0 radical (unpaired) electrons. The second kappa shape index (κ2) is 7.67. The van der Waals surface area contributed by atoms with Crippen LogP contribution in [0, 0.1) is 0 Å². The Kier molecular flexibility index (Phi) is 4.90. The number of alkyl carbamates (subject to hydrolysis) is 1. The molecule has 8 heteroatoms. The standard InChI is InChI=1S/C21H19N3O5/c25-19(26)18(9-12-10-22-20(27)23-12)24-21(28)29-11-17-15-7-3-1-5-13(15)14-6-2-4-8-16(14)17/h1-8,10,17-18H,9,11H2,(H,24,28)(H,25,26)(H2,22,23,27)/t18-/m1/s1. The number of benzene rings is 2. The van der Waals surface area contributed by atoms with E-state index in [4.69, 9.17) is 4.74 Å². The van der Waals surface area contributed by atoms with Gasteiger partial charge in [0.25, 0.3) is 0 Å². The van der Waals surface area contributed by atoms with Crippen LogP contribution >= 0.6 is 0 Å². The smallest absolute Gasteiger partial charge is 0.407 e. The molecule has 1 atom stereocenters. The molecular weight excluding hydrogens is 374 g/mol. The Morgan fingerprint density at radius 1 is 1.07 bits per heavy atom. The summed E-state index contributed by atoms with van der Waals surface area (Å²) < 4.78 is 5.37. The molecule has 0 bridgehead atoms. The molecule has 0 aliphatic heterocycles. The number of carbonyl (C=O) groups excluding carboxylic acids is 1. The Morgan fingerprint density at radius 3 is 2.24 bits per heavy atom. The highest BCUT2D eigenvalue weighted by molar-refractivity contribution is 5.81. The van der Waals surface area contributed by atoms with Crippen molar-refractivity contribution in [3.05, 3.63) is 82.0 Å². The van der Waals surface area contributed by atoms with Gasteiger partial charge in [0.05, 0.1) is 0 Å². The SMILES string of the molecule is O=C(N[C@H](Cc1c[nH]c(=O)[nH]1)C(=O)O)OCC1c2ccccc2-c2ccccc21. The fourth-order valence-corrected chi connectivity index (χ4v) is 3.68. The van der Waals surface area contributed by atoms with Crippen molar-refractivity contribution in [2.75, 3.05) is 6.61 Å². The zero-order chi connectivity index (χ0) is 20.4. The number of amides is 1. The van der Waals surface area contributed by atoms with Crippen LogP contribution in [-0.4, -0.2) is 39.8 Å². The third kappa shape index (κ3) is 3.77. The van der Waals surface area contributed by atoms with Crippen LogP contribution in [0.25, 0.3) is 11.1 Å². The number of aromatic nitrogens is 2. The van der Waals surface area contributed by atoms with E-state index in [1.165, 1.54) is 6.20 Å². The summed E-state index contributed by atoms with van der Waals surface area (Å²) in [5.41, 5.74) is 4.29. The van der Waals surface area contributed by atoms with E-state index in [1.54, 1.807) is 0 Å². The van der Waals surface area contributed by atoms with Crippen LogP contribution in [0.3, 0.4) is 0 Å². The molecule has 1 amide bonds. The molecule has 0 fully saturated rings. The molecule has 8 nitrogen and oxygen atoms in total. The van der Waals surface area contributed by atoms with E-state index in [9.17, 15) is 19.5 Å². The quantitative estimate of drug-likeness (QED) is 0.511. The Morgan fingerprint density at radius 2 is 1.69 bits per heavy atom. The van der Waals surface area contributed by atoms with Crippen molar-refractivity contribution in [3.8, 4) is 11.1 Å². The summed E-state index contributed by atoms with van der Waals surface area (Å²) in [5, 5.41) is 11.7. The van der Waals surface area contributed by atoms with Gasteiger partial charge in [0, 0.05) is 24.2 Å². The van der Waals surface area contributed by atoms with Crippen LogP contribution in [0.5, 0.6) is 0 Å². The van der Waals surface area contributed by atoms with Crippen molar-refractivity contribution in [1.29, 1.82) is 0 Å². The molecule has 0 unspecified atom stereocenters. The molecule has 1 heterocycles. The highest BCUT2D eigenvalue weighted by Gasteiger charge is 2.29. The van der Waals surface area contributed by atoms with Crippen LogP contribution in [0.15, 0.2) is 59.5 Å². The number of rotatable bonds is 6. The van der Waals surface area contributed by atoms with Crippen LogP contribution in [0.1, 0.15) is 22.7 Å². The van der Waals surface area contributed by atoms with E-state index in [1.807, 2.05) is 48.5 Å². The fraction of sp³-hybridized carbons (Fsp3) is 0.190. The van der Waals surface area contributed by atoms with Crippen molar-refractivity contribution in [1.82, 2.24) is 15.3 Å². The van der Waals surface area contributed by atoms with Gasteiger partial charge in [-0.3, -0.25) is 0 Å². The molecule has 4 N–H and O–H groups in total. The lowest BCUT2D eigenvalue weighted by Crippen LogP contribution is -2.43. The van der Waals surface area contributed by atoms with Crippen molar-refractivity contribution >= 4 is 12.1 Å². The number of aromatic amines is 2. The van der Waals surface area contributed by atoms with Gasteiger partial charge in [0.1, 0.15) is 12.6 Å². The van der Waals surface area contributed by atoms with Gasteiger partial charge in [-0.2, -0.15) is 0 Å². The number of carboxylic acids is 1. The van der Waals surface area contributed by atoms with E-state index >= 15 is 0 Å². The number of imidazole rings is 1. The maximum absolute atomic E-state index is 12.3. The first kappa shape index (κ1) is 18.5. The molecule has 0 saturated carbocycles. The normalized spacial score (nSPS) is 13.4. The molecule has 0 spiro atoms. The first-order valence-corrected chi connectivity index (χ1v) is 9.14. The summed E-state index contributed by atoms with van der Waals surface area (Å²) in [7, 11) is 0. The molecule has 29 heavy (non-hydrogen) atoms. The second-order valence-corrected chi connectivity index (χ2v) is 6.83. The average Bonchev–Trinajstić information content (AvgIpc) is 3.27. The Labute approximate surface area is 165 Å². The van der Waals surface area contributed by atoms with Crippen molar-refractivity contribution in [3.63, 3.8) is 0 Å². The zero-order valence-corrected chi connectivity index (χ0v) is 15.3. The van der Waals surface area contributed by atoms with E-state index in [-0.39, 0.29) is 18.9 Å². The molecular formula is C21H19N3O5. The Hall–Kier alpha value is -3.81. The number of nitrogens with one attached hydrogen (secondary N) is 3. The zero-order valence-electron chi connectivity index (χ0n) is 15.3. The molecule has 1 aliphatic carbocycles. The number of fused-ring (bicyclic) bond motifs is 3. The summed E-state index contributed by atoms with van der Waals surface area (Å²) in [4.78, 5) is 39.7. The number of hydrogen-bond donors (Lipinski definition) is 4. The minimum absolute atomic E-state index is 0.0712. The Bertz CT molecular complexity index is 1070. The predicted octanol–water partition coefficient (Wildman–Crippen LogP) is 2.24.